The molecule has 0 aromatic heterocycles. The molecule has 1 N–H and O–H groups in total. The lowest BCUT2D eigenvalue weighted by Crippen LogP contribution is -2.52. The van der Waals surface area contributed by atoms with E-state index in [9.17, 15) is 18.0 Å². The zero-order valence-corrected chi connectivity index (χ0v) is 21.7. The summed E-state index contributed by atoms with van der Waals surface area (Å²) in [6, 6.07) is 12.6. The summed E-state index contributed by atoms with van der Waals surface area (Å²) < 4.78 is 31.3. The molecule has 0 aliphatic rings. The Morgan fingerprint density at radius 1 is 1.09 bits per heavy atom. The summed E-state index contributed by atoms with van der Waals surface area (Å²) in [7, 11) is -2.28. The molecule has 2 unspecified atom stereocenters. The van der Waals surface area contributed by atoms with Gasteiger partial charge in [-0.15, -0.1) is 0 Å². The van der Waals surface area contributed by atoms with Crippen molar-refractivity contribution in [1.82, 2.24) is 10.2 Å². The first-order chi connectivity index (χ1) is 16.0. The predicted octanol–water partition coefficient (Wildman–Crippen LogP) is 3.45. The van der Waals surface area contributed by atoms with Crippen molar-refractivity contribution in [2.45, 2.75) is 45.8 Å². The van der Waals surface area contributed by atoms with Crippen LogP contribution in [0.4, 0.5) is 5.69 Å². The van der Waals surface area contributed by atoms with E-state index in [4.69, 9.17) is 16.3 Å². The first kappa shape index (κ1) is 27.5. The SMILES string of the molecule is CCC(C)NC(=O)C(C)N(Cc1ccc(OC)cc1)C(=O)CN(c1ccccc1Cl)S(C)(=O)=O. The highest BCUT2D eigenvalue weighted by Crippen LogP contribution is 2.27. The summed E-state index contributed by atoms with van der Waals surface area (Å²) in [5.41, 5.74) is 0.960. The summed E-state index contributed by atoms with van der Waals surface area (Å²) in [4.78, 5) is 27.7. The van der Waals surface area contributed by atoms with Gasteiger partial charge in [0.2, 0.25) is 21.8 Å². The smallest absolute Gasteiger partial charge is 0.244 e. The highest BCUT2D eigenvalue weighted by molar-refractivity contribution is 7.92. The number of hydrogen-bond donors (Lipinski definition) is 1. The number of ether oxygens (including phenoxy) is 1. The maximum atomic E-state index is 13.5. The average molecular weight is 510 g/mol. The second-order valence-electron chi connectivity index (χ2n) is 8.08. The maximum Gasteiger partial charge on any atom is 0.244 e. The lowest BCUT2D eigenvalue weighted by Gasteiger charge is -2.32. The molecule has 0 radical (unpaired) electrons. The molecule has 2 aromatic rings. The van der Waals surface area contributed by atoms with E-state index >= 15 is 0 Å². The lowest BCUT2D eigenvalue weighted by atomic mass is 10.1. The third-order valence-electron chi connectivity index (χ3n) is 5.48. The van der Waals surface area contributed by atoms with E-state index in [1.54, 1.807) is 56.5 Å². The van der Waals surface area contributed by atoms with Crippen LogP contribution >= 0.6 is 11.6 Å². The van der Waals surface area contributed by atoms with Crippen molar-refractivity contribution in [3.05, 3.63) is 59.1 Å². The summed E-state index contributed by atoms with van der Waals surface area (Å²) >= 11 is 6.23. The number of carbonyl (C=O) groups is 2. The van der Waals surface area contributed by atoms with Gasteiger partial charge in [-0.2, -0.15) is 0 Å². The lowest BCUT2D eigenvalue weighted by molar-refractivity contribution is -0.139. The standard InChI is InChI=1S/C24H32ClN3O5S/c1-6-17(2)26-24(30)18(3)27(15-19-11-13-20(33-4)14-12-19)23(29)16-28(34(5,31)32)22-10-8-7-9-21(22)25/h7-14,17-18H,6,15-16H2,1-5H3,(H,26,30). The average Bonchev–Trinajstić information content (AvgIpc) is 2.80. The van der Waals surface area contributed by atoms with E-state index in [1.165, 1.54) is 11.0 Å². The molecule has 2 atom stereocenters. The van der Waals surface area contributed by atoms with Crippen LogP contribution in [0.25, 0.3) is 0 Å². The van der Waals surface area contributed by atoms with Crippen LogP contribution in [0.1, 0.15) is 32.8 Å². The van der Waals surface area contributed by atoms with Gasteiger partial charge in [-0.25, -0.2) is 8.42 Å². The second-order valence-corrected chi connectivity index (χ2v) is 10.4. The molecule has 2 rings (SSSR count). The van der Waals surface area contributed by atoms with Crippen molar-refractivity contribution in [2.75, 3.05) is 24.2 Å². The van der Waals surface area contributed by atoms with Crippen LogP contribution in [-0.4, -0.2) is 57.1 Å². The Morgan fingerprint density at radius 3 is 2.24 bits per heavy atom. The summed E-state index contributed by atoms with van der Waals surface area (Å²) in [5.74, 6) is -0.195. The van der Waals surface area contributed by atoms with Crippen LogP contribution in [-0.2, 0) is 26.2 Å². The van der Waals surface area contributed by atoms with Gasteiger partial charge in [-0.1, -0.05) is 42.8 Å². The Kier molecular flexibility index (Phi) is 9.76. The van der Waals surface area contributed by atoms with Gasteiger partial charge >= 0.3 is 0 Å². The normalized spacial score (nSPS) is 13.0. The number of nitrogens with one attached hydrogen (secondary N) is 1. The van der Waals surface area contributed by atoms with Crippen molar-refractivity contribution in [1.29, 1.82) is 0 Å². The number of carbonyl (C=O) groups excluding carboxylic acids is 2. The van der Waals surface area contributed by atoms with E-state index in [-0.39, 0.29) is 29.2 Å². The largest absolute Gasteiger partial charge is 0.497 e. The molecule has 0 fully saturated rings. The van der Waals surface area contributed by atoms with Gasteiger partial charge in [0.05, 0.1) is 24.1 Å². The number of halogens is 1. The Balaban J connectivity index is 2.39. The van der Waals surface area contributed by atoms with Crippen LogP contribution in [0.3, 0.4) is 0 Å². The van der Waals surface area contributed by atoms with Crippen LogP contribution in [0, 0.1) is 0 Å². The number of hydrogen-bond acceptors (Lipinski definition) is 5. The summed E-state index contributed by atoms with van der Waals surface area (Å²) in [5, 5.41) is 3.09. The molecule has 0 heterocycles. The molecule has 0 bridgehead atoms. The number of anilines is 1. The summed E-state index contributed by atoms with van der Waals surface area (Å²) in [6.07, 6.45) is 1.75. The quantitative estimate of drug-likeness (QED) is 0.500. The molecule has 10 heteroatoms. The zero-order valence-electron chi connectivity index (χ0n) is 20.1. The molecule has 0 saturated carbocycles. The third-order valence-corrected chi connectivity index (χ3v) is 6.93. The topological polar surface area (TPSA) is 96.0 Å². The van der Waals surface area contributed by atoms with Crippen molar-refractivity contribution in [3.63, 3.8) is 0 Å². The van der Waals surface area contributed by atoms with Crippen LogP contribution in [0.15, 0.2) is 48.5 Å². The van der Waals surface area contributed by atoms with E-state index in [0.717, 1.165) is 22.5 Å². The molecular weight excluding hydrogens is 478 g/mol. The molecule has 2 amide bonds. The van der Waals surface area contributed by atoms with E-state index in [1.807, 2.05) is 13.8 Å². The predicted molar refractivity (Wildman–Crippen MR) is 135 cm³/mol. The molecule has 186 valence electrons. The van der Waals surface area contributed by atoms with Gasteiger partial charge in [-0.05, 0) is 50.1 Å². The molecule has 0 spiro atoms. The number of amides is 2. The van der Waals surface area contributed by atoms with Gasteiger partial charge in [0.25, 0.3) is 0 Å². The molecule has 0 aliphatic heterocycles. The highest BCUT2D eigenvalue weighted by Gasteiger charge is 2.31. The summed E-state index contributed by atoms with van der Waals surface area (Å²) in [6.45, 7) is 5.06. The second kappa shape index (κ2) is 12.1. The first-order valence-electron chi connectivity index (χ1n) is 10.9. The number of methoxy groups -OCH3 is 1. The molecule has 8 nitrogen and oxygen atoms in total. The molecule has 0 saturated heterocycles. The Bertz CT molecular complexity index is 1090. The fourth-order valence-electron chi connectivity index (χ4n) is 3.22. The van der Waals surface area contributed by atoms with Gasteiger partial charge in [-0.3, -0.25) is 13.9 Å². The number of rotatable bonds is 11. The Hall–Kier alpha value is -2.78. The number of sulfonamides is 1. The van der Waals surface area contributed by atoms with Crippen LogP contribution < -0.4 is 14.4 Å². The van der Waals surface area contributed by atoms with Crippen molar-refractivity contribution in [3.8, 4) is 5.75 Å². The fourth-order valence-corrected chi connectivity index (χ4v) is 4.37. The Morgan fingerprint density at radius 2 is 1.71 bits per heavy atom. The third kappa shape index (κ3) is 7.36. The van der Waals surface area contributed by atoms with Crippen LogP contribution in [0.5, 0.6) is 5.75 Å². The van der Waals surface area contributed by atoms with Gasteiger partial charge in [0.15, 0.2) is 0 Å². The monoisotopic (exact) mass is 509 g/mol. The first-order valence-corrected chi connectivity index (χ1v) is 13.2. The molecular formula is C24H32ClN3O5S. The van der Waals surface area contributed by atoms with Crippen molar-refractivity contribution >= 4 is 39.1 Å². The van der Waals surface area contributed by atoms with Crippen LogP contribution in [0.2, 0.25) is 5.02 Å². The number of nitrogens with zero attached hydrogens (tertiary/aromatic N) is 2. The number of benzene rings is 2. The zero-order chi connectivity index (χ0) is 25.5. The minimum Gasteiger partial charge on any atom is -0.497 e. The van der Waals surface area contributed by atoms with Gasteiger partial charge in [0, 0.05) is 12.6 Å². The highest BCUT2D eigenvalue weighted by atomic mass is 35.5. The maximum absolute atomic E-state index is 13.5. The molecule has 2 aromatic carbocycles. The van der Waals surface area contributed by atoms with E-state index in [0.29, 0.717) is 5.75 Å². The van der Waals surface area contributed by atoms with E-state index < -0.39 is 28.5 Å². The number of para-hydroxylation sites is 1. The van der Waals surface area contributed by atoms with E-state index in [2.05, 4.69) is 5.32 Å². The minimum atomic E-state index is -3.84. The molecule has 34 heavy (non-hydrogen) atoms. The van der Waals surface area contributed by atoms with Gasteiger partial charge in [0.1, 0.15) is 18.3 Å². The minimum absolute atomic E-state index is 0.0662. The van der Waals surface area contributed by atoms with Crippen molar-refractivity contribution < 1.29 is 22.7 Å². The molecule has 0 aliphatic carbocycles. The van der Waals surface area contributed by atoms with Crippen molar-refractivity contribution in [2.24, 2.45) is 0 Å². The van der Waals surface area contributed by atoms with Gasteiger partial charge < -0.3 is 15.0 Å². The fraction of sp³-hybridized carbons (Fsp3) is 0.417. The Labute approximate surface area is 206 Å².